The third-order valence-electron chi connectivity index (χ3n) is 3.89. The van der Waals surface area contributed by atoms with Crippen LogP contribution in [-0.2, 0) is 14.3 Å². The van der Waals surface area contributed by atoms with Crippen molar-refractivity contribution in [2.75, 3.05) is 19.6 Å². The Morgan fingerprint density at radius 2 is 1.95 bits per heavy atom. The Balaban J connectivity index is 2.07. The van der Waals surface area contributed by atoms with E-state index in [9.17, 15) is 9.59 Å². The standard InChI is InChI=1S/C15H23N3O4/c1-9-7-18(8-10(2)22-9)15(21)14(16)11-4-3-5-12(11)17-6-13(19)20/h9-10,16-17H,3-8H2,1-2H3,(H,19,20)/t9-,10+. The van der Waals surface area contributed by atoms with E-state index in [2.05, 4.69) is 5.32 Å². The number of nitrogens with zero attached hydrogens (tertiary/aromatic N) is 1. The highest BCUT2D eigenvalue weighted by atomic mass is 16.5. The molecule has 0 unspecified atom stereocenters. The molecule has 2 aliphatic rings. The number of carbonyl (C=O) groups is 2. The summed E-state index contributed by atoms with van der Waals surface area (Å²) in [5, 5.41) is 19.8. The van der Waals surface area contributed by atoms with Gasteiger partial charge >= 0.3 is 5.97 Å². The quantitative estimate of drug-likeness (QED) is 0.650. The summed E-state index contributed by atoms with van der Waals surface area (Å²) < 4.78 is 5.60. The minimum absolute atomic E-state index is 0.0216. The first-order chi connectivity index (χ1) is 10.4. The number of ether oxygens (including phenoxy) is 1. The number of carboxylic acids is 1. The molecule has 1 heterocycles. The van der Waals surface area contributed by atoms with Crippen LogP contribution in [0.25, 0.3) is 0 Å². The van der Waals surface area contributed by atoms with E-state index in [1.54, 1.807) is 4.90 Å². The molecule has 0 saturated carbocycles. The van der Waals surface area contributed by atoms with E-state index in [0.29, 0.717) is 31.5 Å². The highest BCUT2D eigenvalue weighted by molar-refractivity contribution is 6.44. The van der Waals surface area contributed by atoms with Crippen LogP contribution in [0.3, 0.4) is 0 Å². The molecule has 0 aromatic carbocycles. The van der Waals surface area contributed by atoms with Crippen LogP contribution in [0, 0.1) is 5.41 Å². The monoisotopic (exact) mass is 309 g/mol. The molecule has 22 heavy (non-hydrogen) atoms. The predicted octanol–water partition coefficient (Wildman–Crippen LogP) is 0.754. The number of morpholine rings is 1. The van der Waals surface area contributed by atoms with Crippen LogP contribution in [-0.4, -0.2) is 59.4 Å². The summed E-state index contributed by atoms with van der Waals surface area (Å²) in [6.45, 7) is 4.60. The summed E-state index contributed by atoms with van der Waals surface area (Å²) in [7, 11) is 0. The van der Waals surface area contributed by atoms with E-state index in [-0.39, 0.29) is 30.4 Å². The van der Waals surface area contributed by atoms with Gasteiger partial charge in [-0.15, -0.1) is 0 Å². The van der Waals surface area contributed by atoms with Crippen molar-refractivity contribution < 1.29 is 19.4 Å². The molecule has 7 nitrogen and oxygen atoms in total. The first-order valence-electron chi connectivity index (χ1n) is 7.59. The van der Waals surface area contributed by atoms with Crippen LogP contribution in [0.2, 0.25) is 0 Å². The summed E-state index contributed by atoms with van der Waals surface area (Å²) in [6.07, 6.45) is 2.09. The van der Waals surface area contributed by atoms with Gasteiger partial charge in [-0.2, -0.15) is 0 Å². The normalized spacial score (nSPS) is 25.3. The SMILES string of the molecule is C[C@@H]1CN(C(=O)C(=N)C2=C(NCC(=O)O)CCC2)C[C@H](C)O1. The van der Waals surface area contributed by atoms with Gasteiger partial charge in [-0.1, -0.05) is 0 Å². The highest BCUT2D eigenvalue weighted by Crippen LogP contribution is 2.26. The molecule has 1 amide bonds. The van der Waals surface area contributed by atoms with Gasteiger partial charge in [0.2, 0.25) is 0 Å². The van der Waals surface area contributed by atoms with Gasteiger partial charge in [0, 0.05) is 24.4 Å². The van der Waals surface area contributed by atoms with E-state index >= 15 is 0 Å². The lowest BCUT2D eigenvalue weighted by Crippen LogP contribution is -2.50. The smallest absolute Gasteiger partial charge is 0.322 e. The van der Waals surface area contributed by atoms with Gasteiger partial charge in [0.15, 0.2) is 0 Å². The van der Waals surface area contributed by atoms with Crippen molar-refractivity contribution >= 4 is 17.6 Å². The largest absolute Gasteiger partial charge is 0.480 e. The third kappa shape index (κ3) is 3.85. The number of carboxylic acid groups (broad SMARTS) is 1. The van der Waals surface area contributed by atoms with Crippen LogP contribution in [0.1, 0.15) is 33.1 Å². The minimum atomic E-state index is -0.951. The highest BCUT2D eigenvalue weighted by Gasteiger charge is 2.31. The molecule has 122 valence electrons. The molecular weight excluding hydrogens is 286 g/mol. The van der Waals surface area contributed by atoms with Crippen molar-refractivity contribution in [3.63, 3.8) is 0 Å². The Morgan fingerprint density at radius 3 is 2.55 bits per heavy atom. The summed E-state index contributed by atoms with van der Waals surface area (Å²) in [5.41, 5.74) is 1.35. The molecule has 3 N–H and O–H groups in total. The molecule has 1 saturated heterocycles. The van der Waals surface area contributed by atoms with Gasteiger partial charge in [0.05, 0.1) is 12.2 Å². The maximum Gasteiger partial charge on any atom is 0.322 e. The van der Waals surface area contributed by atoms with Crippen LogP contribution in [0.15, 0.2) is 11.3 Å². The first kappa shape index (κ1) is 16.5. The second kappa shape index (κ2) is 6.91. The van der Waals surface area contributed by atoms with E-state index in [1.807, 2.05) is 13.8 Å². The molecule has 0 bridgehead atoms. The van der Waals surface area contributed by atoms with Crippen molar-refractivity contribution in [3.8, 4) is 0 Å². The van der Waals surface area contributed by atoms with Crippen LogP contribution >= 0.6 is 0 Å². The van der Waals surface area contributed by atoms with Crippen molar-refractivity contribution in [1.29, 1.82) is 5.41 Å². The second-order valence-electron chi connectivity index (χ2n) is 5.90. The van der Waals surface area contributed by atoms with Crippen LogP contribution < -0.4 is 5.32 Å². The number of rotatable bonds is 5. The van der Waals surface area contributed by atoms with Crippen LogP contribution in [0.4, 0.5) is 0 Å². The lowest BCUT2D eigenvalue weighted by atomic mass is 10.1. The zero-order valence-corrected chi connectivity index (χ0v) is 13.0. The topological polar surface area (TPSA) is 103 Å². The molecule has 2 rings (SSSR count). The van der Waals surface area contributed by atoms with Gasteiger partial charge in [0.1, 0.15) is 12.3 Å². The zero-order chi connectivity index (χ0) is 16.3. The van der Waals surface area contributed by atoms with Gasteiger partial charge in [-0.05, 0) is 33.1 Å². The lowest BCUT2D eigenvalue weighted by Gasteiger charge is -2.35. The van der Waals surface area contributed by atoms with Crippen LogP contribution in [0.5, 0.6) is 0 Å². The molecule has 7 heteroatoms. The molecule has 0 radical (unpaired) electrons. The molecule has 1 aliphatic carbocycles. The summed E-state index contributed by atoms with van der Waals surface area (Å²) in [6, 6.07) is 0. The van der Waals surface area contributed by atoms with Gasteiger partial charge in [0.25, 0.3) is 5.91 Å². The molecular formula is C15H23N3O4. The Kier molecular flexibility index (Phi) is 5.18. The Hall–Kier alpha value is -1.89. The third-order valence-corrected chi connectivity index (χ3v) is 3.89. The number of allylic oxidation sites excluding steroid dienone is 1. The number of hydrogen-bond acceptors (Lipinski definition) is 5. The average Bonchev–Trinajstić information content (AvgIpc) is 2.90. The fourth-order valence-electron chi connectivity index (χ4n) is 3.03. The van der Waals surface area contributed by atoms with Gasteiger partial charge in [-0.25, -0.2) is 0 Å². The summed E-state index contributed by atoms with van der Waals surface area (Å²) in [4.78, 5) is 24.8. The van der Waals surface area contributed by atoms with E-state index in [4.69, 9.17) is 15.3 Å². The number of hydrogen-bond donors (Lipinski definition) is 3. The Morgan fingerprint density at radius 1 is 1.32 bits per heavy atom. The summed E-state index contributed by atoms with van der Waals surface area (Å²) in [5.74, 6) is -1.25. The van der Waals surface area contributed by atoms with Gasteiger partial charge in [-0.3, -0.25) is 15.0 Å². The molecule has 0 spiro atoms. The fraction of sp³-hybridized carbons (Fsp3) is 0.667. The van der Waals surface area contributed by atoms with E-state index < -0.39 is 5.97 Å². The number of aliphatic carboxylic acids is 1. The van der Waals surface area contributed by atoms with Gasteiger partial charge < -0.3 is 20.1 Å². The maximum absolute atomic E-state index is 12.5. The lowest BCUT2D eigenvalue weighted by molar-refractivity contribution is -0.136. The number of carbonyl (C=O) groups excluding carboxylic acids is 1. The second-order valence-corrected chi connectivity index (χ2v) is 5.90. The van der Waals surface area contributed by atoms with Crippen molar-refractivity contribution in [2.45, 2.75) is 45.3 Å². The molecule has 1 fully saturated rings. The molecule has 2 atom stereocenters. The minimum Gasteiger partial charge on any atom is -0.480 e. The number of amides is 1. The molecule has 1 aliphatic heterocycles. The average molecular weight is 309 g/mol. The molecule has 0 aromatic rings. The molecule has 0 aromatic heterocycles. The summed E-state index contributed by atoms with van der Waals surface area (Å²) >= 11 is 0. The Labute approximate surface area is 129 Å². The zero-order valence-electron chi connectivity index (χ0n) is 13.0. The fourth-order valence-corrected chi connectivity index (χ4v) is 3.03. The Bertz CT molecular complexity index is 505. The maximum atomic E-state index is 12.5. The van der Waals surface area contributed by atoms with Crippen molar-refractivity contribution in [3.05, 3.63) is 11.3 Å². The predicted molar refractivity (Wildman–Crippen MR) is 80.8 cm³/mol. The van der Waals surface area contributed by atoms with E-state index in [1.165, 1.54) is 0 Å². The number of nitrogens with one attached hydrogen (secondary N) is 2. The van der Waals surface area contributed by atoms with Crippen molar-refractivity contribution in [1.82, 2.24) is 10.2 Å². The van der Waals surface area contributed by atoms with Crippen molar-refractivity contribution in [2.24, 2.45) is 0 Å². The van der Waals surface area contributed by atoms with E-state index in [0.717, 1.165) is 12.1 Å². The first-order valence-corrected chi connectivity index (χ1v) is 7.59.